The first kappa shape index (κ1) is 13.2. The van der Waals surface area contributed by atoms with Crippen LogP contribution in [0.4, 0.5) is 0 Å². The summed E-state index contributed by atoms with van der Waals surface area (Å²) in [5.41, 5.74) is -1.12. The summed E-state index contributed by atoms with van der Waals surface area (Å²) in [5.74, 6) is -0.513. The van der Waals surface area contributed by atoms with Gasteiger partial charge in [-0.25, -0.2) is 4.79 Å². The minimum Gasteiger partial charge on any atom is -0.480 e. The number of thioether (sulfide) groups is 1. The van der Waals surface area contributed by atoms with E-state index in [2.05, 4.69) is 5.32 Å². The summed E-state index contributed by atoms with van der Waals surface area (Å²) < 4.78 is 0. The molecule has 0 aromatic carbocycles. The molecule has 2 fully saturated rings. The fraction of sp³-hybridized carbons (Fsp3) is 0.727. The molecule has 2 amide bonds. The first-order valence-corrected chi connectivity index (χ1v) is 7.09. The lowest BCUT2D eigenvalue weighted by Gasteiger charge is -2.26. The van der Waals surface area contributed by atoms with Crippen molar-refractivity contribution in [2.45, 2.75) is 31.2 Å². The number of nitrogens with one attached hydrogen (secondary N) is 1. The number of carbonyl (C=O) groups is 3. The van der Waals surface area contributed by atoms with Crippen molar-refractivity contribution in [3.8, 4) is 0 Å². The molecule has 0 aromatic heterocycles. The number of carboxylic acids is 1. The molecule has 0 atom stereocenters. The Hall–Kier alpha value is -1.24. The van der Waals surface area contributed by atoms with Gasteiger partial charge in [-0.2, -0.15) is 0 Å². The van der Waals surface area contributed by atoms with Crippen LogP contribution in [0, 0.1) is 0 Å². The van der Waals surface area contributed by atoms with Gasteiger partial charge in [0, 0.05) is 0 Å². The molecule has 1 heterocycles. The zero-order valence-corrected chi connectivity index (χ0v) is 10.8. The summed E-state index contributed by atoms with van der Waals surface area (Å²) in [5, 5.41) is 11.8. The monoisotopic (exact) mass is 272 g/mol. The molecule has 1 aliphatic heterocycles. The van der Waals surface area contributed by atoms with Gasteiger partial charge in [0.1, 0.15) is 12.1 Å². The standard InChI is InChI=1S/C11H16N2O4S/c14-8(5-13-7-18-6-9(13)15)12-11(10(16)17)3-1-2-4-11/h1-7H2,(H,12,14)(H,16,17). The number of carboxylic acid groups (broad SMARTS) is 1. The predicted molar refractivity (Wildman–Crippen MR) is 66.0 cm³/mol. The average Bonchev–Trinajstić information content (AvgIpc) is 2.90. The van der Waals surface area contributed by atoms with Crippen LogP contribution in [0.25, 0.3) is 0 Å². The molecular formula is C11H16N2O4S. The minimum atomic E-state index is -1.12. The summed E-state index contributed by atoms with van der Waals surface area (Å²) in [6.45, 7) is -0.0408. The smallest absolute Gasteiger partial charge is 0.329 e. The lowest BCUT2D eigenvalue weighted by molar-refractivity contribution is -0.147. The van der Waals surface area contributed by atoms with Crippen LogP contribution >= 0.6 is 11.8 Å². The highest BCUT2D eigenvalue weighted by Gasteiger charge is 2.42. The van der Waals surface area contributed by atoms with E-state index in [9.17, 15) is 19.5 Å². The molecule has 2 N–H and O–H groups in total. The van der Waals surface area contributed by atoms with Crippen molar-refractivity contribution >= 4 is 29.5 Å². The molecule has 6 nitrogen and oxygen atoms in total. The SMILES string of the molecule is O=C(CN1CSCC1=O)NC1(C(=O)O)CCCC1. The Balaban J connectivity index is 1.93. The van der Waals surface area contributed by atoms with Crippen LogP contribution in [-0.4, -0.2) is 51.5 Å². The second-order valence-corrected chi connectivity index (χ2v) is 5.67. The van der Waals surface area contributed by atoms with Crippen molar-refractivity contribution in [1.82, 2.24) is 10.2 Å². The number of rotatable bonds is 4. The highest BCUT2D eigenvalue weighted by molar-refractivity contribution is 8.00. The molecule has 0 radical (unpaired) electrons. The molecule has 7 heteroatoms. The van der Waals surface area contributed by atoms with Crippen molar-refractivity contribution in [3.05, 3.63) is 0 Å². The van der Waals surface area contributed by atoms with Crippen LogP contribution in [0.15, 0.2) is 0 Å². The van der Waals surface area contributed by atoms with Gasteiger partial charge in [0.2, 0.25) is 11.8 Å². The Kier molecular flexibility index (Phi) is 3.79. The van der Waals surface area contributed by atoms with E-state index >= 15 is 0 Å². The summed E-state index contributed by atoms with van der Waals surface area (Å²) in [6, 6.07) is 0. The number of hydrogen-bond donors (Lipinski definition) is 2. The van der Waals surface area contributed by atoms with Gasteiger partial charge < -0.3 is 15.3 Å². The molecule has 18 heavy (non-hydrogen) atoms. The van der Waals surface area contributed by atoms with Crippen LogP contribution in [0.3, 0.4) is 0 Å². The van der Waals surface area contributed by atoms with Crippen molar-refractivity contribution in [1.29, 1.82) is 0 Å². The third-order valence-electron chi connectivity index (χ3n) is 3.41. The molecule has 1 aliphatic carbocycles. The number of carbonyl (C=O) groups excluding carboxylic acids is 2. The zero-order valence-electron chi connectivity index (χ0n) is 9.98. The van der Waals surface area contributed by atoms with Gasteiger partial charge in [0.15, 0.2) is 0 Å². The van der Waals surface area contributed by atoms with E-state index in [1.165, 1.54) is 16.7 Å². The fourth-order valence-corrected chi connectivity index (χ4v) is 3.30. The number of nitrogens with zero attached hydrogens (tertiary/aromatic N) is 1. The molecule has 100 valence electrons. The molecule has 0 spiro atoms. The zero-order chi connectivity index (χ0) is 13.2. The van der Waals surface area contributed by atoms with E-state index in [0.29, 0.717) is 24.5 Å². The second-order valence-electron chi connectivity index (χ2n) is 4.71. The molecule has 2 aliphatic rings. The maximum absolute atomic E-state index is 11.8. The van der Waals surface area contributed by atoms with Crippen LogP contribution < -0.4 is 5.32 Å². The van der Waals surface area contributed by atoms with Crippen molar-refractivity contribution in [2.75, 3.05) is 18.2 Å². The van der Waals surface area contributed by atoms with Gasteiger partial charge in [0.05, 0.1) is 11.6 Å². The number of amides is 2. The molecule has 0 unspecified atom stereocenters. The lowest BCUT2D eigenvalue weighted by atomic mass is 9.98. The Labute approximate surface area is 109 Å². The summed E-state index contributed by atoms with van der Waals surface area (Å²) in [6.07, 6.45) is 2.56. The third kappa shape index (κ3) is 2.60. The van der Waals surface area contributed by atoms with Crippen LogP contribution in [-0.2, 0) is 14.4 Å². The van der Waals surface area contributed by atoms with E-state index in [0.717, 1.165) is 12.8 Å². The normalized spacial score (nSPS) is 22.2. The lowest BCUT2D eigenvalue weighted by Crippen LogP contribution is -2.54. The Morgan fingerprint density at radius 1 is 1.39 bits per heavy atom. The van der Waals surface area contributed by atoms with Gasteiger partial charge in [-0.05, 0) is 12.8 Å². The topological polar surface area (TPSA) is 86.7 Å². The first-order chi connectivity index (χ1) is 8.53. The van der Waals surface area contributed by atoms with Gasteiger partial charge in [-0.15, -0.1) is 11.8 Å². The fourth-order valence-electron chi connectivity index (χ4n) is 2.39. The van der Waals surface area contributed by atoms with E-state index in [1.54, 1.807) is 0 Å². The van der Waals surface area contributed by atoms with E-state index < -0.39 is 11.5 Å². The third-order valence-corrected chi connectivity index (χ3v) is 4.35. The molecule has 2 rings (SSSR count). The largest absolute Gasteiger partial charge is 0.480 e. The van der Waals surface area contributed by atoms with Gasteiger partial charge in [-0.1, -0.05) is 12.8 Å². The average molecular weight is 272 g/mol. The van der Waals surface area contributed by atoms with E-state index in [1.807, 2.05) is 0 Å². The minimum absolute atomic E-state index is 0.0408. The van der Waals surface area contributed by atoms with Crippen molar-refractivity contribution < 1.29 is 19.5 Å². The molecule has 1 saturated carbocycles. The summed E-state index contributed by atoms with van der Waals surface area (Å²) in [7, 11) is 0. The van der Waals surface area contributed by atoms with Gasteiger partial charge in [-0.3, -0.25) is 9.59 Å². The molecule has 0 bridgehead atoms. The Morgan fingerprint density at radius 2 is 2.06 bits per heavy atom. The molecule has 0 aromatic rings. The van der Waals surface area contributed by atoms with Crippen molar-refractivity contribution in [3.63, 3.8) is 0 Å². The maximum atomic E-state index is 11.8. The Morgan fingerprint density at radius 3 is 2.56 bits per heavy atom. The van der Waals surface area contributed by atoms with E-state index in [4.69, 9.17) is 0 Å². The predicted octanol–water partition coefficient (Wildman–Crippen LogP) is 0.0329. The van der Waals surface area contributed by atoms with Crippen molar-refractivity contribution in [2.24, 2.45) is 0 Å². The van der Waals surface area contributed by atoms with Crippen LogP contribution in [0.2, 0.25) is 0 Å². The summed E-state index contributed by atoms with van der Waals surface area (Å²) in [4.78, 5) is 35.9. The van der Waals surface area contributed by atoms with E-state index in [-0.39, 0.29) is 18.4 Å². The highest BCUT2D eigenvalue weighted by Crippen LogP contribution is 2.29. The first-order valence-electron chi connectivity index (χ1n) is 5.93. The van der Waals surface area contributed by atoms with Crippen LogP contribution in [0.5, 0.6) is 0 Å². The second kappa shape index (κ2) is 5.17. The Bertz CT molecular complexity index is 379. The molecular weight excluding hydrogens is 256 g/mol. The highest BCUT2D eigenvalue weighted by atomic mass is 32.2. The number of hydrogen-bond acceptors (Lipinski definition) is 4. The maximum Gasteiger partial charge on any atom is 0.329 e. The van der Waals surface area contributed by atoms with Gasteiger partial charge in [0.25, 0.3) is 0 Å². The summed E-state index contributed by atoms with van der Waals surface area (Å²) >= 11 is 1.46. The van der Waals surface area contributed by atoms with Crippen LogP contribution in [0.1, 0.15) is 25.7 Å². The number of aliphatic carboxylic acids is 1. The van der Waals surface area contributed by atoms with Gasteiger partial charge >= 0.3 is 5.97 Å². The molecule has 1 saturated heterocycles. The quantitative estimate of drug-likeness (QED) is 0.754.